The lowest BCUT2D eigenvalue weighted by molar-refractivity contribution is 0.0528. The molecule has 120 valence electrons. The summed E-state index contributed by atoms with van der Waals surface area (Å²) in [6, 6.07) is 0. The molecular weight excluding hydrogens is 270 g/mol. The summed E-state index contributed by atoms with van der Waals surface area (Å²) < 4.78 is 12.6. The second kappa shape index (κ2) is 8.67. The average molecular weight is 297 g/mol. The fraction of sp³-hybridized carbons (Fsp3) is 0.733. The lowest BCUT2D eigenvalue weighted by Gasteiger charge is -2.19. The molecule has 0 aromatic carbocycles. The number of nitrogens with one attached hydrogen (secondary N) is 1. The van der Waals surface area contributed by atoms with E-state index in [1.54, 1.807) is 0 Å². The molecule has 1 aromatic heterocycles. The van der Waals surface area contributed by atoms with Gasteiger partial charge in [0.25, 0.3) is 0 Å². The largest absolute Gasteiger partial charge is 0.444 e. The highest BCUT2D eigenvalue weighted by atomic mass is 16.6. The number of amides is 1. The monoisotopic (exact) mass is 297 g/mol. The van der Waals surface area contributed by atoms with Crippen LogP contribution in [0.1, 0.15) is 39.8 Å². The van der Waals surface area contributed by atoms with Gasteiger partial charge >= 0.3 is 6.09 Å². The van der Waals surface area contributed by atoms with Gasteiger partial charge in [-0.1, -0.05) is 0 Å². The summed E-state index contributed by atoms with van der Waals surface area (Å²) in [5, 5.41) is 2.75. The molecule has 21 heavy (non-hydrogen) atoms. The number of ether oxygens (including phenoxy) is 2. The number of rotatable bonds is 8. The lowest BCUT2D eigenvalue weighted by Crippen LogP contribution is -2.33. The maximum atomic E-state index is 11.5. The third-order valence-electron chi connectivity index (χ3n) is 2.74. The van der Waals surface area contributed by atoms with Gasteiger partial charge in [0.05, 0.1) is 6.33 Å². The first-order valence-corrected chi connectivity index (χ1v) is 7.46. The number of carbonyl (C=O) groups excluding carboxylic acids is 1. The van der Waals surface area contributed by atoms with Crippen LogP contribution in [0.3, 0.4) is 0 Å². The Kier molecular flexibility index (Phi) is 7.22. The minimum Gasteiger partial charge on any atom is -0.444 e. The number of imidazole rings is 1. The first kappa shape index (κ1) is 17.5. The molecule has 6 nitrogen and oxygen atoms in total. The summed E-state index contributed by atoms with van der Waals surface area (Å²) in [5.74, 6) is 0. The van der Waals surface area contributed by atoms with E-state index in [0.717, 1.165) is 38.3 Å². The molecule has 0 fully saturated rings. The molecule has 0 aliphatic carbocycles. The Morgan fingerprint density at radius 3 is 2.86 bits per heavy atom. The van der Waals surface area contributed by atoms with Gasteiger partial charge in [0.1, 0.15) is 5.60 Å². The number of nitrogens with zero attached hydrogens (tertiary/aromatic N) is 2. The zero-order valence-electron chi connectivity index (χ0n) is 13.5. The van der Waals surface area contributed by atoms with E-state index >= 15 is 0 Å². The van der Waals surface area contributed by atoms with Crippen LogP contribution in [-0.2, 0) is 22.4 Å². The first-order valence-electron chi connectivity index (χ1n) is 7.46. The number of alkyl carbamates (subject to hydrolysis) is 1. The molecule has 0 aliphatic heterocycles. The van der Waals surface area contributed by atoms with Crippen LogP contribution in [-0.4, -0.2) is 41.0 Å². The van der Waals surface area contributed by atoms with Crippen LogP contribution < -0.4 is 5.32 Å². The number of aryl methyl sites for hydroxylation is 1. The van der Waals surface area contributed by atoms with Crippen molar-refractivity contribution in [3.8, 4) is 0 Å². The molecule has 0 radical (unpaired) electrons. The van der Waals surface area contributed by atoms with E-state index in [-0.39, 0.29) is 6.09 Å². The molecular formula is C15H27N3O3. The van der Waals surface area contributed by atoms with E-state index in [2.05, 4.69) is 14.9 Å². The van der Waals surface area contributed by atoms with Gasteiger partial charge in [-0.15, -0.1) is 0 Å². The SMILES string of the molecule is CCOCCCn1cncc1CCNC(=O)OC(C)(C)C. The zero-order valence-corrected chi connectivity index (χ0v) is 13.5. The number of aromatic nitrogens is 2. The van der Waals surface area contributed by atoms with E-state index < -0.39 is 5.60 Å². The molecule has 1 N–H and O–H groups in total. The van der Waals surface area contributed by atoms with E-state index in [9.17, 15) is 4.79 Å². The van der Waals surface area contributed by atoms with Gasteiger partial charge in [-0.25, -0.2) is 9.78 Å². The van der Waals surface area contributed by atoms with Gasteiger partial charge in [0.2, 0.25) is 0 Å². The van der Waals surface area contributed by atoms with Crippen molar-refractivity contribution < 1.29 is 14.3 Å². The van der Waals surface area contributed by atoms with E-state index in [4.69, 9.17) is 9.47 Å². The number of carbonyl (C=O) groups is 1. The summed E-state index contributed by atoms with van der Waals surface area (Å²) in [5.41, 5.74) is 0.632. The summed E-state index contributed by atoms with van der Waals surface area (Å²) >= 11 is 0. The Bertz CT molecular complexity index is 424. The standard InChI is InChI=1S/C15H27N3O3/c1-5-20-10-6-9-18-12-16-11-13(18)7-8-17-14(19)21-15(2,3)4/h11-12H,5-10H2,1-4H3,(H,17,19). The minimum absolute atomic E-state index is 0.384. The van der Waals surface area contributed by atoms with Gasteiger partial charge in [-0.2, -0.15) is 0 Å². The molecule has 1 aromatic rings. The molecule has 0 saturated carbocycles. The Hall–Kier alpha value is -1.56. The maximum absolute atomic E-state index is 11.5. The Morgan fingerprint density at radius 1 is 1.43 bits per heavy atom. The summed E-state index contributed by atoms with van der Waals surface area (Å²) in [4.78, 5) is 15.7. The third kappa shape index (κ3) is 7.70. The Balaban J connectivity index is 2.29. The minimum atomic E-state index is -0.467. The van der Waals surface area contributed by atoms with Crippen molar-refractivity contribution in [3.63, 3.8) is 0 Å². The van der Waals surface area contributed by atoms with Crippen LogP contribution in [0.25, 0.3) is 0 Å². The van der Waals surface area contributed by atoms with Crippen LogP contribution >= 0.6 is 0 Å². The predicted molar refractivity (Wildman–Crippen MR) is 81.3 cm³/mol. The van der Waals surface area contributed by atoms with Crippen LogP contribution in [0.2, 0.25) is 0 Å². The van der Waals surface area contributed by atoms with Gasteiger partial charge in [-0.05, 0) is 34.1 Å². The lowest BCUT2D eigenvalue weighted by atomic mass is 10.2. The predicted octanol–water partition coefficient (Wildman–Crippen LogP) is 2.38. The molecule has 0 saturated heterocycles. The van der Waals surface area contributed by atoms with Crippen LogP contribution in [0, 0.1) is 0 Å². The van der Waals surface area contributed by atoms with Crippen molar-refractivity contribution in [1.82, 2.24) is 14.9 Å². The molecule has 1 amide bonds. The second-order valence-electron chi connectivity index (χ2n) is 5.81. The molecule has 6 heteroatoms. The van der Waals surface area contributed by atoms with Crippen LogP contribution in [0.5, 0.6) is 0 Å². The van der Waals surface area contributed by atoms with Gasteiger partial charge in [0.15, 0.2) is 0 Å². The van der Waals surface area contributed by atoms with E-state index in [0.29, 0.717) is 6.54 Å². The van der Waals surface area contributed by atoms with Crippen LogP contribution in [0.4, 0.5) is 4.79 Å². The Labute approximate surface area is 126 Å². The first-order chi connectivity index (χ1) is 9.92. The topological polar surface area (TPSA) is 65.4 Å². The fourth-order valence-corrected chi connectivity index (χ4v) is 1.85. The molecule has 0 aliphatic rings. The maximum Gasteiger partial charge on any atom is 0.407 e. The second-order valence-corrected chi connectivity index (χ2v) is 5.81. The third-order valence-corrected chi connectivity index (χ3v) is 2.74. The highest BCUT2D eigenvalue weighted by molar-refractivity contribution is 5.67. The fourth-order valence-electron chi connectivity index (χ4n) is 1.85. The van der Waals surface area contributed by atoms with Crippen molar-refractivity contribution in [1.29, 1.82) is 0 Å². The van der Waals surface area contributed by atoms with Crippen molar-refractivity contribution in [3.05, 3.63) is 18.2 Å². The normalized spacial score (nSPS) is 11.4. The zero-order chi connectivity index (χ0) is 15.7. The molecule has 0 unspecified atom stereocenters. The molecule has 0 spiro atoms. The van der Waals surface area contributed by atoms with Gasteiger partial charge in [-0.3, -0.25) is 0 Å². The average Bonchev–Trinajstić information content (AvgIpc) is 2.80. The molecule has 0 bridgehead atoms. The van der Waals surface area contributed by atoms with Crippen molar-refractivity contribution in [2.45, 2.75) is 52.7 Å². The van der Waals surface area contributed by atoms with E-state index in [1.165, 1.54) is 0 Å². The van der Waals surface area contributed by atoms with Crippen molar-refractivity contribution >= 4 is 6.09 Å². The summed E-state index contributed by atoms with van der Waals surface area (Å²) in [7, 11) is 0. The van der Waals surface area contributed by atoms with Gasteiger partial charge in [0, 0.05) is 44.6 Å². The number of hydrogen-bond donors (Lipinski definition) is 1. The highest BCUT2D eigenvalue weighted by Crippen LogP contribution is 2.06. The molecule has 1 heterocycles. The van der Waals surface area contributed by atoms with Gasteiger partial charge < -0.3 is 19.4 Å². The van der Waals surface area contributed by atoms with E-state index in [1.807, 2.05) is 40.2 Å². The van der Waals surface area contributed by atoms with Crippen molar-refractivity contribution in [2.75, 3.05) is 19.8 Å². The smallest absolute Gasteiger partial charge is 0.407 e. The summed E-state index contributed by atoms with van der Waals surface area (Å²) in [6.07, 6.45) is 4.95. The quantitative estimate of drug-likeness (QED) is 0.748. The molecule has 0 atom stereocenters. The van der Waals surface area contributed by atoms with Crippen LogP contribution in [0.15, 0.2) is 12.5 Å². The highest BCUT2D eigenvalue weighted by Gasteiger charge is 2.15. The number of hydrogen-bond acceptors (Lipinski definition) is 4. The Morgan fingerprint density at radius 2 is 2.19 bits per heavy atom. The summed E-state index contributed by atoms with van der Waals surface area (Å²) in [6.45, 7) is 10.4. The molecule has 1 rings (SSSR count). The van der Waals surface area contributed by atoms with Crippen molar-refractivity contribution in [2.24, 2.45) is 0 Å².